The van der Waals surface area contributed by atoms with Gasteiger partial charge in [0.1, 0.15) is 0 Å². The third-order valence-electron chi connectivity index (χ3n) is 3.87. The minimum absolute atomic E-state index is 0.221. The van der Waals surface area contributed by atoms with Crippen LogP contribution in [0, 0.1) is 0 Å². The average Bonchev–Trinajstić information content (AvgIpc) is 2.75. The molecule has 1 unspecified atom stereocenters. The van der Waals surface area contributed by atoms with E-state index in [1.165, 1.54) is 11.1 Å². The normalized spacial score (nSPS) is 14.8. The van der Waals surface area contributed by atoms with Crippen LogP contribution in [0.3, 0.4) is 0 Å². The quantitative estimate of drug-likeness (QED) is 0.616. The van der Waals surface area contributed by atoms with Gasteiger partial charge in [-0.2, -0.15) is 0 Å². The molecule has 0 aliphatic carbocycles. The molecule has 0 fully saturated rings. The largest absolute Gasteiger partial charge is 0.399 e. The smallest absolute Gasteiger partial charge is 0.0688 e. The molecule has 0 saturated heterocycles. The van der Waals surface area contributed by atoms with Crippen molar-refractivity contribution in [2.24, 2.45) is 0 Å². The lowest BCUT2D eigenvalue weighted by Crippen LogP contribution is -2.35. The van der Waals surface area contributed by atoms with E-state index in [0.29, 0.717) is 0 Å². The zero-order chi connectivity index (χ0) is 14.7. The number of nitrogens with zero attached hydrogens (tertiary/aromatic N) is 1. The lowest BCUT2D eigenvalue weighted by molar-refractivity contribution is 0.312. The highest BCUT2D eigenvalue weighted by atomic mass is 15.2. The van der Waals surface area contributed by atoms with Crippen LogP contribution < -0.4 is 11.1 Å². The lowest BCUT2D eigenvalue weighted by Gasteiger charge is -2.32. The summed E-state index contributed by atoms with van der Waals surface area (Å²) in [4.78, 5) is 2.30. The molecule has 1 aromatic rings. The van der Waals surface area contributed by atoms with E-state index in [-0.39, 0.29) is 6.04 Å². The van der Waals surface area contributed by atoms with Crippen LogP contribution >= 0.6 is 0 Å². The minimum Gasteiger partial charge on any atom is -0.399 e. The number of likely N-dealkylation sites (N-methyl/N-ethyl adjacent to an activating group) is 1. The summed E-state index contributed by atoms with van der Waals surface area (Å²) in [7, 11) is 1.91. The predicted molar refractivity (Wildman–Crippen MR) is 86.9 cm³/mol. The zero-order valence-electron chi connectivity index (χ0n) is 12.2. The van der Waals surface area contributed by atoms with E-state index >= 15 is 0 Å². The van der Waals surface area contributed by atoms with Gasteiger partial charge in [-0.3, -0.25) is 0 Å². The van der Waals surface area contributed by atoms with Gasteiger partial charge in [-0.15, -0.1) is 6.58 Å². The zero-order valence-corrected chi connectivity index (χ0v) is 12.2. The summed E-state index contributed by atoms with van der Waals surface area (Å²) in [5.41, 5.74) is 11.2. The fraction of sp³-hybridized carbons (Fsp3) is 0.294. The number of benzene rings is 1. The van der Waals surface area contributed by atoms with Crippen molar-refractivity contribution in [2.75, 3.05) is 12.8 Å². The Kier molecular flexibility index (Phi) is 4.18. The second-order valence-electron chi connectivity index (χ2n) is 5.15. The summed E-state index contributed by atoms with van der Waals surface area (Å²) >= 11 is 0. The van der Waals surface area contributed by atoms with Gasteiger partial charge in [0.05, 0.1) is 6.04 Å². The first-order valence-corrected chi connectivity index (χ1v) is 6.90. The summed E-state index contributed by atoms with van der Waals surface area (Å²) in [5.74, 6) is 0. The van der Waals surface area contributed by atoms with E-state index < -0.39 is 0 Å². The third-order valence-corrected chi connectivity index (χ3v) is 3.87. The molecule has 3 heteroatoms. The predicted octanol–water partition coefficient (Wildman–Crippen LogP) is 3.12. The summed E-state index contributed by atoms with van der Waals surface area (Å²) in [6, 6.07) is 6.24. The number of nitrogen functional groups attached to an aromatic ring is 1. The van der Waals surface area contributed by atoms with Gasteiger partial charge < -0.3 is 16.0 Å². The Balaban J connectivity index is 2.26. The number of rotatable bonds is 6. The Morgan fingerprint density at radius 1 is 1.55 bits per heavy atom. The highest BCUT2D eigenvalue weighted by Gasteiger charge is 2.29. The van der Waals surface area contributed by atoms with Crippen molar-refractivity contribution in [1.29, 1.82) is 0 Å². The first-order valence-electron chi connectivity index (χ1n) is 6.90. The van der Waals surface area contributed by atoms with E-state index in [0.717, 1.165) is 36.5 Å². The molecule has 3 nitrogen and oxygen atoms in total. The molecule has 20 heavy (non-hydrogen) atoms. The lowest BCUT2D eigenvalue weighted by atomic mass is 10.1. The number of nitrogens with one attached hydrogen (secondary N) is 1. The Labute approximate surface area is 121 Å². The monoisotopic (exact) mass is 269 g/mol. The van der Waals surface area contributed by atoms with Crippen LogP contribution in [0.4, 0.5) is 5.69 Å². The summed E-state index contributed by atoms with van der Waals surface area (Å²) in [6.45, 7) is 13.0. The number of nitrogens with two attached hydrogens (primary N) is 1. The van der Waals surface area contributed by atoms with Gasteiger partial charge in [0, 0.05) is 36.2 Å². The first-order chi connectivity index (χ1) is 9.58. The summed E-state index contributed by atoms with van der Waals surface area (Å²) in [6.07, 6.45) is 3.87. The van der Waals surface area contributed by atoms with Crippen LogP contribution in [0.1, 0.15) is 24.0 Å². The maximum Gasteiger partial charge on any atom is 0.0688 e. The maximum atomic E-state index is 5.87. The molecule has 1 aliphatic heterocycles. The van der Waals surface area contributed by atoms with Gasteiger partial charge in [0.2, 0.25) is 0 Å². The van der Waals surface area contributed by atoms with Crippen LogP contribution in [-0.2, 0) is 6.54 Å². The molecule has 1 heterocycles. The SMILES string of the molecule is C=CCCC(C(=C)NC)N1Cc2cc(N)ccc2C1=C. The van der Waals surface area contributed by atoms with E-state index in [1.54, 1.807) is 0 Å². The van der Waals surface area contributed by atoms with E-state index in [2.05, 4.69) is 36.0 Å². The summed E-state index contributed by atoms with van der Waals surface area (Å²) < 4.78 is 0. The Bertz CT molecular complexity index is 545. The molecule has 1 aromatic carbocycles. The van der Waals surface area contributed by atoms with E-state index in [1.807, 2.05) is 25.3 Å². The molecule has 0 bridgehead atoms. The van der Waals surface area contributed by atoms with Crippen molar-refractivity contribution in [3.8, 4) is 0 Å². The van der Waals surface area contributed by atoms with Crippen molar-refractivity contribution >= 4 is 11.4 Å². The molecule has 0 saturated carbocycles. The summed E-state index contributed by atoms with van der Waals surface area (Å²) in [5, 5.41) is 3.17. The highest BCUT2D eigenvalue weighted by molar-refractivity contribution is 5.71. The second-order valence-corrected chi connectivity index (χ2v) is 5.15. The average molecular weight is 269 g/mol. The van der Waals surface area contributed by atoms with Crippen LogP contribution in [0.2, 0.25) is 0 Å². The topological polar surface area (TPSA) is 41.3 Å². The molecule has 0 amide bonds. The van der Waals surface area contributed by atoms with E-state index in [9.17, 15) is 0 Å². The number of anilines is 1. The van der Waals surface area contributed by atoms with Crippen molar-refractivity contribution in [3.05, 3.63) is 60.8 Å². The molecule has 1 atom stereocenters. The Hall–Kier alpha value is -2.16. The fourth-order valence-corrected chi connectivity index (χ4v) is 2.72. The molecule has 0 spiro atoms. The molecule has 2 rings (SSSR count). The number of allylic oxidation sites excluding steroid dienone is 1. The van der Waals surface area contributed by atoms with Gasteiger partial charge >= 0.3 is 0 Å². The first kappa shape index (κ1) is 14.3. The van der Waals surface area contributed by atoms with E-state index in [4.69, 9.17) is 5.73 Å². The second kappa shape index (κ2) is 5.87. The van der Waals surface area contributed by atoms with Gasteiger partial charge in [-0.1, -0.05) is 25.3 Å². The fourth-order valence-electron chi connectivity index (χ4n) is 2.72. The van der Waals surface area contributed by atoms with Crippen molar-refractivity contribution in [1.82, 2.24) is 10.2 Å². The van der Waals surface area contributed by atoms with Crippen molar-refractivity contribution in [2.45, 2.75) is 25.4 Å². The number of hydrogen-bond donors (Lipinski definition) is 2. The van der Waals surface area contributed by atoms with Crippen LogP contribution in [0.25, 0.3) is 5.70 Å². The standard InChI is InChI=1S/C17H23N3/c1-5-6-7-17(12(2)19-4)20-11-14-10-15(18)8-9-16(14)13(20)3/h5,8-10,17,19H,1-3,6-7,11,18H2,4H3. The van der Waals surface area contributed by atoms with Gasteiger partial charge in [0.25, 0.3) is 0 Å². The molecule has 106 valence electrons. The van der Waals surface area contributed by atoms with Crippen molar-refractivity contribution < 1.29 is 0 Å². The number of fused-ring (bicyclic) bond motifs is 1. The Morgan fingerprint density at radius 3 is 2.95 bits per heavy atom. The molecule has 1 aliphatic rings. The highest BCUT2D eigenvalue weighted by Crippen LogP contribution is 2.36. The number of hydrogen-bond acceptors (Lipinski definition) is 3. The Morgan fingerprint density at radius 2 is 2.30 bits per heavy atom. The molecular weight excluding hydrogens is 246 g/mol. The molecule has 0 radical (unpaired) electrons. The molecule has 3 N–H and O–H groups in total. The van der Waals surface area contributed by atoms with Gasteiger partial charge in [-0.25, -0.2) is 0 Å². The van der Waals surface area contributed by atoms with Crippen LogP contribution in [0.15, 0.2) is 49.7 Å². The molecular formula is C17H23N3. The molecule has 0 aromatic heterocycles. The minimum atomic E-state index is 0.221. The van der Waals surface area contributed by atoms with Crippen LogP contribution in [0.5, 0.6) is 0 Å². The van der Waals surface area contributed by atoms with Gasteiger partial charge in [-0.05, 0) is 30.5 Å². The van der Waals surface area contributed by atoms with Crippen molar-refractivity contribution in [3.63, 3.8) is 0 Å². The maximum absolute atomic E-state index is 5.87. The van der Waals surface area contributed by atoms with Crippen LogP contribution in [-0.4, -0.2) is 18.0 Å². The third kappa shape index (κ3) is 2.57. The van der Waals surface area contributed by atoms with Gasteiger partial charge in [0.15, 0.2) is 0 Å².